The summed E-state index contributed by atoms with van der Waals surface area (Å²) in [6.07, 6.45) is 0.160. The van der Waals surface area contributed by atoms with Gasteiger partial charge in [0.2, 0.25) is 5.91 Å². The van der Waals surface area contributed by atoms with Crippen molar-refractivity contribution >= 4 is 27.5 Å². The molecule has 5 heteroatoms. The zero-order valence-corrected chi connectivity index (χ0v) is 12.4. The number of para-hydroxylation sites is 1. The fourth-order valence-electron chi connectivity index (χ4n) is 1.81. The largest absolute Gasteiger partial charge is 0.496 e. The molecule has 0 saturated carbocycles. The second-order valence-corrected chi connectivity index (χ2v) is 5.02. The Labute approximate surface area is 124 Å². The first-order valence-corrected chi connectivity index (χ1v) is 6.76. The highest BCUT2D eigenvalue weighted by Crippen LogP contribution is 2.24. The van der Waals surface area contributed by atoms with Crippen molar-refractivity contribution in [2.24, 2.45) is 0 Å². The van der Waals surface area contributed by atoms with Gasteiger partial charge in [0.25, 0.3) is 0 Å². The Balaban J connectivity index is 2.11. The van der Waals surface area contributed by atoms with E-state index in [-0.39, 0.29) is 12.3 Å². The first kappa shape index (κ1) is 14.5. The van der Waals surface area contributed by atoms with Gasteiger partial charge in [-0.05, 0) is 40.2 Å². The van der Waals surface area contributed by atoms with Crippen LogP contribution in [0.1, 0.15) is 5.56 Å². The summed E-state index contributed by atoms with van der Waals surface area (Å²) < 4.78 is 19.0. The van der Waals surface area contributed by atoms with Crippen LogP contribution in [0, 0.1) is 5.82 Å². The van der Waals surface area contributed by atoms with E-state index >= 15 is 0 Å². The number of methoxy groups -OCH3 is 1. The number of anilines is 1. The molecule has 1 amide bonds. The molecular weight excluding hydrogens is 325 g/mol. The third-order valence-corrected chi connectivity index (χ3v) is 3.44. The molecule has 0 aliphatic heterocycles. The van der Waals surface area contributed by atoms with Crippen molar-refractivity contribution < 1.29 is 13.9 Å². The predicted octanol–water partition coefficient (Wildman–Crippen LogP) is 3.78. The van der Waals surface area contributed by atoms with Gasteiger partial charge in [-0.3, -0.25) is 4.79 Å². The maximum absolute atomic E-state index is 13.2. The van der Waals surface area contributed by atoms with Crippen LogP contribution in [0.25, 0.3) is 0 Å². The molecule has 3 nitrogen and oxygen atoms in total. The lowest BCUT2D eigenvalue weighted by Crippen LogP contribution is -2.15. The number of nitrogens with one attached hydrogen (secondary N) is 1. The van der Waals surface area contributed by atoms with E-state index in [9.17, 15) is 9.18 Å². The molecular formula is C15H13BrFNO2. The van der Waals surface area contributed by atoms with Crippen LogP contribution in [0.3, 0.4) is 0 Å². The average molecular weight is 338 g/mol. The summed E-state index contributed by atoms with van der Waals surface area (Å²) in [6, 6.07) is 11.4. The highest BCUT2D eigenvalue weighted by molar-refractivity contribution is 9.10. The standard InChI is InChI=1S/C15H13BrFNO2/c1-20-14-5-3-2-4-10(14)8-15(19)18-13-9-11(17)6-7-12(13)16/h2-7,9H,8H2,1H3,(H,18,19). The molecule has 0 unspecified atom stereocenters. The lowest BCUT2D eigenvalue weighted by molar-refractivity contribution is -0.115. The Morgan fingerprint density at radius 2 is 2.05 bits per heavy atom. The molecule has 2 aromatic rings. The number of carbonyl (C=O) groups is 1. The van der Waals surface area contributed by atoms with Crippen LogP contribution in [-0.2, 0) is 11.2 Å². The van der Waals surface area contributed by atoms with E-state index in [0.29, 0.717) is 15.9 Å². The van der Waals surface area contributed by atoms with Crippen molar-refractivity contribution in [3.63, 3.8) is 0 Å². The molecule has 0 saturated heterocycles. The van der Waals surface area contributed by atoms with Gasteiger partial charge in [-0.1, -0.05) is 18.2 Å². The molecule has 0 aliphatic carbocycles. The van der Waals surface area contributed by atoms with Crippen molar-refractivity contribution in [3.05, 3.63) is 58.3 Å². The van der Waals surface area contributed by atoms with Gasteiger partial charge in [0.05, 0.1) is 19.2 Å². The third kappa shape index (κ3) is 3.57. The molecule has 0 atom stereocenters. The van der Waals surface area contributed by atoms with Gasteiger partial charge in [-0.2, -0.15) is 0 Å². The summed E-state index contributed by atoms with van der Waals surface area (Å²) in [4.78, 5) is 12.0. The van der Waals surface area contributed by atoms with Gasteiger partial charge in [0.1, 0.15) is 11.6 Å². The average Bonchev–Trinajstić information content (AvgIpc) is 2.43. The van der Waals surface area contributed by atoms with Gasteiger partial charge in [-0.25, -0.2) is 4.39 Å². The molecule has 0 radical (unpaired) electrons. The predicted molar refractivity (Wildman–Crippen MR) is 79.4 cm³/mol. The highest BCUT2D eigenvalue weighted by Gasteiger charge is 2.10. The number of benzene rings is 2. The maximum atomic E-state index is 13.2. The fourth-order valence-corrected chi connectivity index (χ4v) is 2.16. The lowest BCUT2D eigenvalue weighted by atomic mass is 10.1. The van der Waals surface area contributed by atoms with E-state index in [1.54, 1.807) is 19.2 Å². The first-order valence-electron chi connectivity index (χ1n) is 5.97. The molecule has 20 heavy (non-hydrogen) atoms. The number of amides is 1. The Morgan fingerprint density at radius 1 is 1.30 bits per heavy atom. The number of hydrogen-bond acceptors (Lipinski definition) is 2. The topological polar surface area (TPSA) is 38.3 Å². The zero-order chi connectivity index (χ0) is 14.5. The number of hydrogen-bond donors (Lipinski definition) is 1. The Hall–Kier alpha value is -1.88. The van der Waals surface area contributed by atoms with E-state index in [1.807, 2.05) is 18.2 Å². The van der Waals surface area contributed by atoms with E-state index in [0.717, 1.165) is 5.56 Å². The fraction of sp³-hybridized carbons (Fsp3) is 0.133. The Kier molecular flexibility index (Phi) is 4.74. The second-order valence-electron chi connectivity index (χ2n) is 4.16. The summed E-state index contributed by atoms with van der Waals surface area (Å²) in [5.41, 5.74) is 1.19. The van der Waals surface area contributed by atoms with Gasteiger partial charge < -0.3 is 10.1 Å². The normalized spacial score (nSPS) is 10.2. The third-order valence-electron chi connectivity index (χ3n) is 2.75. The molecule has 0 aliphatic rings. The minimum atomic E-state index is -0.402. The zero-order valence-electron chi connectivity index (χ0n) is 10.8. The van der Waals surface area contributed by atoms with Gasteiger partial charge in [-0.15, -0.1) is 0 Å². The first-order chi connectivity index (χ1) is 9.60. The number of rotatable bonds is 4. The maximum Gasteiger partial charge on any atom is 0.228 e. The molecule has 104 valence electrons. The molecule has 0 bridgehead atoms. The van der Waals surface area contributed by atoms with Crippen molar-refractivity contribution in [2.45, 2.75) is 6.42 Å². The van der Waals surface area contributed by atoms with Gasteiger partial charge in [0.15, 0.2) is 0 Å². The number of carbonyl (C=O) groups excluding carboxylic acids is 1. The molecule has 0 fully saturated rings. The molecule has 2 rings (SSSR count). The summed E-state index contributed by atoms with van der Waals surface area (Å²) in [5.74, 6) is 0.0162. The quantitative estimate of drug-likeness (QED) is 0.921. The van der Waals surface area contributed by atoms with Crippen molar-refractivity contribution in [3.8, 4) is 5.75 Å². The molecule has 0 heterocycles. The Morgan fingerprint density at radius 3 is 2.80 bits per heavy atom. The molecule has 2 aromatic carbocycles. The van der Waals surface area contributed by atoms with Crippen LogP contribution in [0.5, 0.6) is 5.75 Å². The van der Waals surface area contributed by atoms with Gasteiger partial charge in [0, 0.05) is 10.0 Å². The van der Waals surface area contributed by atoms with E-state index in [2.05, 4.69) is 21.2 Å². The van der Waals surface area contributed by atoms with E-state index in [4.69, 9.17) is 4.74 Å². The summed E-state index contributed by atoms with van der Waals surface area (Å²) in [6.45, 7) is 0. The van der Waals surface area contributed by atoms with Crippen LogP contribution in [-0.4, -0.2) is 13.0 Å². The monoisotopic (exact) mass is 337 g/mol. The highest BCUT2D eigenvalue weighted by atomic mass is 79.9. The summed E-state index contributed by atoms with van der Waals surface area (Å²) in [5, 5.41) is 2.67. The second kappa shape index (κ2) is 6.52. The lowest BCUT2D eigenvalue weighted by Gasteiger charge is -2.10. The molecule has 0 aromatic heterocycles. The minimum Gasteiger partial charge on any atom is -0.496 e. The van der Waals surface area contributed by atoms with E-state index in [1.165, 1.54) is 12.1 Å². The molecule has 0 spiro atoms. The summed E-state index contributed by atoms with van der Waals surface area (Å²) in [7, 11) is 1.56. The number of ether oxygens (including phenoxy) is 1. The van der Waals surface area contributed by atoms with Crippen molar-refractivity contribution in [1.82, 2.24) is 0 Å². The SMILES string of the molecule is COc1ccccc1CC(=O)Nc1cc(F)ccc1Br. The molecule has 1 N–H and O–H groups in total. The summed E-state index contributed by atoms with van der Waals surface area (Å²) >= 11 is 3.27. The van der Waals surface area contributed by atoms with Crippen LogP contribution in [0.4, 0.5) is 10.1 Å². The smallest absolute Gasteiger partial charge is 0.228 e. The Bertz CT molecular complexity index is 631. The number of halogens is 2. The van der Waals surface area contributed by atoms with Gasteiger partial charge >= 0.3 is 0 Å². The van der Waals surface area contributed by atoms with Crippen LogP contribution >= 0.6 is 15.9 Å². The minimum absolute atomic E-state index is 0.160. The van der Waals surface area contributed by atoms with Crippen molar-refractivity contribution in [2.75, 3.05) is 12.4 Å². The van der Waals surface area contributed by atoms with E-state index < -0.39 is 5.82 Å². The van der Waals surface area contributed by atoms with Crippen LogP contribution in [0.15, 0.2) is 46.9 Å². The van der Waals surface area contributed by atoms with Crippen LogP contribution < -0.4 is 10.1 Å². The van der Waals surface area contributed by atoms with Crippen LogP contribution in [0.2, 0.25) is 0 Å². The van der Waals surface area contributed by atoms with Crippen molar-refractivity contribution in [1.29, 1.82) is 0 Å².